The van der Waals surface area contributed by atoms with Crippen LogP contribution in [0.1, 0.15) is 38.8 Å². The highest BCUT2D eigenvalue weighted by Crippen LogP contribution is 2.12. The minimum Gasteiger partial charge on any atom is -0.320 e. The van der Waals surface area contributed by atoms with E-state index in [1.54, 1.807) is 11.1 Å². The van der Waals surface area contributed by atoms with Gasteiger partial charge in [-0.25, -0.2) is 4.79 Å². The zero-order chi connectivity index (χ0) is 14.5. The third kappa shape index (κ3) is 4.78. The molecule has 0 spiro atoms. The van der Waals surface area contributed by atoms with E-state index in [0.717, 1.165) is 5.56 Å². The van der Waals surface area contributed by atoms with Gasteiger partial charge in [-0.2, -0.15) is 0 Å². The van der Waals surface area contributed by atoms with Crippen molar-refractivity contribution in [2.75, 3.05) is 6.54 Å². The van der Waals surface area contributed by atoms with E-state index in [1.807, 2.05) is 45.9 Å². The zero-order valence-corrected chi connectivity index (χ0v) is 12.5. The van der Waals surface area contributed by atoms with E-state index in [2.05, 4.69) is 24.4 Å². The van der Waals surface area contributed by atoms with Crippen LogP contribution in [0.25, 0.3) is 6.08 Å². The van der Waals surface area contributed by atoms with Crippen LogP contribution in [-0.2, 0) is 0 Å². The summed E-state index contributed by atoms with van der Waals surface area (Å²) < 4.78 is 0. The van der Waals surface area contributed by atoms with Gasteiger partial charge >= 0.3 is 6.03 Å². The number of hydrogen-bond acceptors (Lipinski definition) is 1. The first-order valence-corrected chi connectivity index (χ1v) is 6.66. The topological polar surface area (TPSA) is 32.3 Å². The van der Waals surface area contributed by atoms with Crippen LogP contribution >= 0.6 is 0 Å². The summed E-state index contributed by atoms with van der Waals surface area (Å²) >= 11 is 0. The molecular formula is C16H24N2O. The second-order valence-electron chi connectivity index (χ2n) is 5.61. The molecule has 3 heteroatoms. The van der Waals surface area contributed by atoms with E-state index in [0.29, 0.717) is 6.54 Å². The maximum Gasteiger partial charge on any atom is 0.321 e. The lowest BCUT2D eigenvalue weighted by molar-refractivity contribution is 0.153. The summed E-state index contributed by atoms with van der Waals surface area (Å²) in [7, 11) is 0. The molecule has 0 atom stereocenters. The van der Waals surface area contributed by atoms with Gasteiger partial charge < -0.3 is 10.2 Å². The number of rotatable bonds is 3. The summed E-state index contributed by atoms with van der Waals surface area (Å²) in [4.78, 5) is 13.8. The lowest BCUT2D eigenvalue weighted by Crippen LogP contribution is -2.48. The van der Waals surface area contributed by atoms with Crippen molar-refractivity contribution in [2.45, 2.75) is 40.2 Å². The largest absolute Gasteiger partial charge is 0.321 e. The predicted octanol–water partition coefficient (Wildman–Crippen LogP) is 3.80. The van der Waals surface area contributed by atoms with E-state index in [1.165, 1.54) is 5.56 Å². The Morgan fingerprint density at radius 1 is 1.26 bits per heavy atom. The first-order valence-electron chi connectivity index (χ1n) is 6.66. The highest BCUT2D eigenvalue weighted by molar-refractivity contribution is 5.76. The van der Waals surface area contributed by atoms with Gasteiger partial charge in [0.15, 0.2) is 0 Å². The molecule has 3 nitrogen and oxygen atoms in total. The van der Waals surface area contributed by atoms with Crippen LogP contribution in [0.3, 0.4) is 0 Å². The maximum absolute atomic E-state index is 12.0. The van der Waals surface area contributed by atoms with Gasteiger partial charge in [0.25, 0.3) is 0 Å². The van der Waals surface area contributed by atoms with Gasteiger partial charge in [0, 0.05) is 18.3 Å². The fraction of sp³-hybridized carbons (Fsp3) is 0.438. The molecule has 1 rings (SSSR count). The third-order valence-electron chi connectivity index (χ3n) is 2.93. The Hall–Kier alpha value is -1.77. The molecule has 104 valence electrons. The van der Waals surface area contributed by atoms with Crippen molar-refractivity contribution in [3.8, 4) is 0 Å². The molecule has 0 fully saturated rings. The van der Waals surface area contributed by atoms with Gasteiger partial charge in [0.1, 0.15) is 0 Å². The summed E-state index contributed by atoms with van der Waals surface area (Å²) in [5.41, 5.74) is 2.13. The molecule has 0 saturated carbocycles. The number of carbonyl (C=O) groups excluding carboxylic acids is 1. The van der Waals surface area contributed by atoms with Crippen LogP contribution in [0.15, 0.2) is 30.5 Å². The lowest BCUT2D eigenvalue weighted by Gasteiger charge is -2.34. The normalized spacial score (nSPS) is 11.6. The molecule has 0 aliphatic carbocycles. The maximum atomic E-state index is 12.0. The minimum atomic E-state index is -0.170. The van der Waals surface area contributed by atoms with Gasteiger partial charge in [0.2, 0.25) is 0 Å². The van der Waals surface area contributed by atoms with Gasteiger partial charge in [-0.15, -0.1) is 0 Å². The van der Waals surface area contributed by atoms with E-state index >= 15 is 0 Å². The van der Waals surface area contributed by atoms with Crippen molar-refractivity contribution in [1.82, 2.24) is 10.2 Å². The van der Waals surface area contributed by atoms with Crippen molar-refractivity contribution in [2.24, 2.45) is 0 Å². The molecule has 0 unspecified atom stereocenters. The monoisotopic (exact) mass is 260 g/mol. The molecule has 0 aliphatic heterocycles. The molecule has 0 heterocycles. The van der Waals surface area contributed by atoms with Crippen LogP contribution in [0.5, 0.6) is 0 Å². The lowest BCUT2D eigenvalue weighted by atomic mass is 10.1. The molecule has 0 bridgehead atoms. The van der Waals surface area contributed by atoms with Gasteiger partial charge in [-0.3, -0.25) is 0 Å². The second kappa shape index (κ2) is 6.41. The number of carbonyl (C=O) groups is 1. The SMILES string of the molecule is CCN(C(=O)N/C=C/c1ccc(C)cc1)C(C)(C)C. The van der Waals surface area contributed by atoms with E-state index < -0.39 is 0 Å². The smallest absolute Gasteiger partial charge is 0.320 e. The number of hydrogen-bond donors (Lipinski definition) is 1. The predicted molar refractivity (Wildman–Crippen MR) is 80.9 cm³/mol. The minimum absolute atomic E-state index is 0.0710. The van der Waals surface area contributed by atoms with Crippen molar-refractivity contribution < 1.29 is 4.79 Å². The molecule has 1 aromatic carbocycles. The number of nitrogens with zero attached hydrogens (tertiary/aromatic N) is 1. The highest BCUT2D eigenvalue weighted by Gasteiger charge is 2.23. The molecular weight excluding hydrogens is 236 g/mol. The van der Waals surface area contributed by atoms with E-state index in [9.17, 15) is 4.79 Å². The molecule has 0 aromatic heterocycles. The standard InChI is InChI=1S/C16H24N2O/c1-6-18(16(3,4)5)15(19)17-12-11-14-9-7-13(2)8-10-14/h7-12H,6H2,1-5H3,(H,17,19)/b12-11+. The van der Waals surface area contributed by atoms with Crippen LogP contribution < -0.4 is 5.32 Å². The quantitative estimate of drug-likeness (QED) is 0.881. The van der Waals surface area contributed by atoms with Gasteiger partial charge in [0.05, 0.1) is 0 Å². The number of aryl methyl sites for hydroxylation is 1. The molecule has 0 aliphatic rings. The molecule has 19 heavy (non-hydrogen) atoms. The Morgan fingerprint density at radius 3 is 2.32 bits per heavy atom. The van der Waals surface area contributed by atoms with Crippen molar-refractivity contribution in [3.05, 3.63) is 41.6 Å². The summed E-state index contributed by atoms with van der Waals surface area (Å²) in [5, 5.41) is 2.81. The third-order valence-corrected chi connectivity index (χ3v) is 2.93. The van der Waals surface area contributed by atoms with Crippen molar-refractivity contribution >= 4 is 12.1 Å². The van der Waals surface area contributed by atoms with Crippen LogP contribution in [0, 0.1) is 6.92 Å². The summed E-state index contributed by atoms with van der Waals surface area (Å²) in [6, 6.07) is 8.08. The fourth-order valence-corrected chi connectivity index (χ4v) is 1.89. The van der Waals surface area contributed by atoms with Crippen LogP contribution in [-0.4, -0.2) is 23.0 Å². The number of nitrogens with one attached hydrogen (secondary N) is 1. The molecule has 0 radical (unpaired) electrons. The number of urea groups is 1. The summed E-state index contributed by atoms with van der Waals surface area (Å²) in [6.07, 6.45) is 3.59. The second-order valence-corrected chi connectivity index (χ2v) is 5.61. The Balaban J connectivity index is 2.61. The van der Waals surface area contributed by atoms with Crippen molar-refractivity contribution in [1.29, 1.82) is 0 Å². The average molecular weight is 260 g/mol. The molecule has 0 saturated heterocycles. The summed E-state index contributed by atoms with van der Waals surface area (Å²) in [5.74, 6) is 0. The molecule has 1 N–H and O–H groups in total. The number of benzene rings is 1. The van der Waals surface area contributed by atoms with Gasteiger partial charge in [-0.1, -0.05) is 29.8 Å². The van der Waals surface area contributed by atoms with Crippen LogP contribution in [0.4, 0.5) is 4.79 Å². The average Bonchev–Trinajstić information content (AvgIpc) is 2.30. The molecule has 2 amide bonds. The van der Waals surface area contributed by atoms with E-state index in [4.69, 9.17) is 0 Å². The van der Waals surface area contributed by atoms with Gasteiger partial charge in [-0.05, 0) is 46.3 Å². The zero-order valence-electron chi connectivity index (χ0n) is 12.5. The Kier molecular flexibility index (Phi) is 5.16. The van der Waals surface area contributed by atoms with Crippen molar-refractivity contribution in [3.63, 3.8) is 0 Å². The Labute approximate surface area is 116 Å². The Morgan fingerprint density at radius 2 is 1.84 bits per heavy atom. The first-order chi connectivity index (χ1) is 8.84. The van der Waals surface area contributed by atoms with Crippen LogP contribution in [0.2, 0.25) is 0 Å². The Bertz CT molecular complexity index is 441. The highest BCUT2D eigenvalue weighted by atomic mass is 16.2. The number of amides is 2. The summed E-state index contributed by atoms with van der Waals surface area (Å²) in [6.45, 7) is 10.8. The van der Waals surface area contributed by atoms with E-state index in [-0.39, 0.29) is 11.6 Å². The molecule has 1 aromatic rings. The fourth-order valence-electron chi connectivity index (χ4n) is 1.89. The first kappa shape index (κ1) is 15.3.